The van der Waals surface area contributed by atoms with E-state index < -0.39 is 0 Å². The van der Waals surface area contributed by atoms with Crippen LogP contribution in [0.1, 0.15) is 25.5 Å². The van der Waals surface area contributed by atoms with E-state index in [1.165, 1.54) is 0 Å². The van der Waals surface area contributed by atoms with Gasteiger partial charge in [0.05, 0.1) is 12.3 Å². The third-order valence-corrected chi connectivity index (χ3v) is 3.60. The van der Waals surface area contributed by atoms with Crippen LogP contribution in [0, 0.1) is 6.92 Å². The maximum absolute atomic E-state index is 12.0. The molecule has 8 nitrogen and oxygen atoms in total. The Morgan fingerprint density at radius 1 is 1.41 bits per heavy atom. The van der Waals surface area contributed by atoms with E-state index in [1.807, 2.05) is 13.0 Å². The fourth-order valence-electron chi connectivity index (χ4n) is 2.49. The Bertz CT molecular complexity index is 535. The molecule has 0 aromatic carbocycles. The predicted octanol–water partition coefficient (Wildman–Crippen LogP) is 1.47. The van der Waals surface area contributed by atoms with Crippen LogP contribution in [0.2, 0.25) is 0 Å². The Kier molecular flexibility index (Phi) is 5.24. The summed E-state index contributed by atoms with van der Waals surface area (Å²) in [5, 5.41) is 9.88. The first kappa shape index (κ1) is 16.1. The molecule has 3 amide bonds. The van der Waals surface area contributed by atoms with E-state index in [4.69, 9.17) is 4.74 Å². The second-order valence-electron chi connectivity index (χ2n) is 5.35. The smallest absolute Gasteiger partial charge is 0.409 e. The van der Waals surface area contributed by atoms with Crippen molar-refractivity contribution in [2.45, 2.75) is 32.7 Å². The average molecular weight is 309 g/mol. The first-order valence-electron chi connectivity index (χ1n) is 7.49. The minimum atomic E-state index is -0.282. The van der Waals surface area contributed by atoms with Gasteiger partial charge in [0.15, 0.2) is 0 Å². The molecule has 2 N–H and O–H groups in total. The fourth-order valence-corrected chi connectivity index (χ4v) is 2.49. The second kappa shape index (κ2) is 7.15. The zero-order valence-corrected chi connectivity index (χ0v) is 13.3. The Balaban J connectivity index is 1.77. The Morgan fingerprint density at radius 2 is 2.09 bits per heavy atom. The van der Waals surface area contributed by atoms with Crippen molar-refractivity contribution in [2.75, 3.05) is 25.0 Å². The molecule has 0 bridgehead atoms. The number of amides is 3. The molecule has 8 heteroatoms. The van der Waals surface area contributed by atoms with E-state index in [9.17, 15) is 9.59 Å². The van der Waals surface area contributed by atoms with Crippen molar-refractivity contribution in [3.8, 4) is 0 Å². The maximum atomic E-state index is 12.0. The van der Waals surface area contributed by atoms with Gasteiger partial charge in [-0.1, -0.05) is 0 Å². The number of urea groups is 1. The van der Waals surface area contributed by atoms with Crippen molar-refractivity contribution >= 4 is 17.9 Å². The van der Waals surface area contributed by atoms with Gasteiger partial charge in [0.2, 0.25) is 0 Å². The molecule has 1 aliphatic rings. The lowest BCUT2D eigenvalue weighted by Gasteiger charge is -2.31. The highest BCUT2D eigenvalue weighted by molar-refractivity contribution is 5.88. The van der Waals surface area contributed by atoms with Crippen LogP contribution in [0.15, 0.2) is 6.07 Å². The van der Waals surface area contributed by atoms with Crippen molar-refractivity contribution in [1.82, 2.24) is 20.0 Å². The number of aryl methyl sites for hydroxylation is 2. The number of rotatable bonds is 3. The third-order valence-electron chi connectivity index (χ3n) is 3.60. The average Bonchev–Trinajstić information content (AvgIpc) is 2.77. The number of nitrogens with one attached hydrogen (secondary N) is 2. The Hall–Kier alpha value is -2.25. The van der Waals surface area contributed by atoms with E-state index in [2.05, 4.69) is 15.7 Å². The highest BCUT2D eigenvalue weighted by Crippen LogP contribution is 2.12. The van der Waals surface area contributed by atoms with E-state index >= 15 is 0 Å². The highest BCUT2D eigenvalue weighted by atomic mass is 16.6. The van der Waals surface area contributed by atoms with Crippen LogP contribution < -0.4 is 10.6 Å². The van der Waals surface area contributed by atoms with Gasteiger partial charge in [-0.3, -0.25) is 10.00 Å². The van der Waals surface area contributed by atoms with Crippen LogP contribution in [0.4, 0.5) is 15.4 Å². The van der Waals surface area contributed by atoms with Crippen molar-refractivity contribution in [3.63, 3.8) is 0 Å². The summed E-state index contributed by atoms with van der Waals surface area (Å²) >= 11 is 0. The second-order valence-corrected chi connectivity index (χ2v) is 5.35. The highest BCUT2D eigenvalue weighted by Gasteiger charge is 2.24. The summed E-state index contributed by atoms with van der Waals surface area (Å²) in [6, 6.07) is 1.61. The number of carbonyl (C=O) groups excluding carboxylic acids is 2. The number of anilines is 1. The largest absolute Gasteiger partial charge is 0.450 e. The first-order chi connectivity index (χ1) is 10.5. The molecule has 1 aromatic rings. The van der Waals surface area contributed by atoms with Gasteiger partial charge in [0.25, 0.3) is 0 Å². The van der Waals surface area contributed by atoms with Gasteiger partial charge in [-0.2, -0.15) is 5.10 Å². The number of nitrogens with zero attached hydrogens (tertiary/aromatic N) is 3. The Morgan fingerprint density at radius 3 is 2.64 bits per heavy atom. The summed E-state index contributed by atoms with van der Waals surface area (Å²) in [6.07, 6.45) is 1.16. The molecular weight excluding hydrogens is 286 g/mol. The molecule has 1 aromatic heterocycles. The number of hydrogen-bond donors (Lipinski definition) is 2. The molecule has 0 radical (unpaired) electrons. The fraction of sp³-hybridized carbons (Fsp3) is 0.643. The molecule has 0 spiro atoms. The molecule has 1 saturated heterocycles. The Labute approximate surface area is 129 Å². The molecule has 22 heavy (non-hydrogen) atoms. The van der Waals surface area contributed by atoms with Crippen molar-refractivity contribution < 1.29 is 14.3 Å². The predicted molar refractivity (Wildman–Crippen MR) is 81.7 cm³/mol. The molecule has 0 atom stereocenters. The summed E-state index contributed by atoms with van der Waals surface area (Å²) < 4.78 is 6.59. The number of likely N-dealkylation sites (tertiary alicyclic amines) is 1. The molecule has 0 unspecified atom stereocenters. The van der Waals surface area contributed by atoms with Crippen LogP contribution in [-0.4, -0.2) is 52.5 Å². The topological polar surface area (TPSA) is 88.5 Å². The molecule has 122 valence electrons. The minimum Gasteiger partial charge on any atom is -0.450 e. The third kappa shape index (κ3) is 4.12. The molecule has 0 aliphatic carbocycles. The normalized spacial score (nSPS) is 15.5. The lowest BCUT2D eigenvalue weighted by Crippen LogP contribution is -2.47. The zero-order chi connectivity index (χ0) is 16.1. The van der Waals surface area contributed by atoms with E-state index in [0.717, 1.165) is 18.5 Å². The van der Waals surface area contributed by atoms with E-state index in [-0.39, 0.29) is 18.2 Å². The van der Waals surface area contributed by atoms with E-state index in [1.54, 1.807) is 23.6 Å². The summed E-state index contributed by atoms with van der Waals surface area (Å²) in [4.78, 5) is 25.3. The van der Waals surface area contributed by atoms with Crippen LogP contribution in [0.25, 0.3) is 0 Å². The summed E-state index contributed by atoms with van der Waals surface area (Å²) in [5.74, 6) is 0.652. The number of ether oxygens (including phenoxy) is 1. The lowest BCUT2D eigenvalue weighted by atomic mass is 10.1. The molecule has 1 aliphatic heterocycles. The van der Waals surface area contributed by atoms with Crippen LogP contribution in [0.3, 0.4) is 0 Å². The minimum absolute atomic E-state index is 0.0556. The lowest BCUT2D eigenvalue weighted by molar-refractivity contribution is 0.0959. The van der Waals surface area contributed by atoms with E-state index in [0.29, 0.717) is 25.5 Å². The molecule has 0 saturated carbocycles. The number of aromatic nitrogens is 2. The van der Waals surface area contributed by atoms with Gasteiger partial charge in [0.1, 0.15) is 5.82 Å². The monoisotopic (exact) mass is 309 g/mol. The molecule has 2 rings (SSSR count). The summed E-state index contributed by atoms with van der Waals surface area (Å²) in [5.41, 5.74) is 0.848. The van der Waals surface area contributed by atoms with Crippen molar-refractivity contribution in [1.29, 1.82) is 0 Å². The quantitative estimate of drug-likeness (QED) is 0.885. The van der Waals surface area contributed by atoms with Gasteiger partial charge in [-0.05, 0) is 26.7 Å². The standard InChI is InChI=1S/C14H23N5O3/c1-4-22-14(21)19-7-5-11(6-8-19)15-13(20)16-12-9-10(2)17-18(12)3/h9,11H,4-8H2,1-3H3,(H2,15,16,20). The van der Waals surface area contributed by atoms with Gasteiger partial charge >= 0.3 is 12.1 Å². The van der Waals surface area contributed by atoms with Gasteiger partial charge in [-0.25, -0.2) is 9.59 Å². The van der Waals surface area contributed by atoms with Crippen molar-refractivity contribution in [2.24, 2.45) is 7.05 Å². The molecular formula is C14H23N5O3. The first-order valence-corrected chi connectivity index (χ1v) is 7.49. The SMILES string of the molecule is CCOC(=O)N1CCC(NC(=O)Nc2cc(C)nn2C)CC1. The number of carbonyl (C=O) groups is 2. The number of hydrogen-bond acceptors (Lipinski definition) is 4. The van der Waals surface area contributed by atoms with Gasteiger partial charge < -0.3 is 15.0 Å². The van der Waals surface area contributed by atoms with Gasteiger partial charge in [0, 0.05) is 32.2 Å². The maximum Gasteiger partial charge on any atom is 0.409 e. The summed E-state index contributed by atoms with van der Waals surface area (Å²) in [7, 11) is 1.78. The van der Waals surface area contributed by atoms with Gasteiger partial charge in [-0.15, -0.1) is 0 Å². The van der Waals surface area contributed by atoms with Crippen LogP contribution in [0.5, 0.6) is 0 Å². The zero-order valence-electron chi connectivity index (χ0n) is 13.3. The van der Waals surface area contributed by atoms with Crippen molar-refractivity contribution in [3.05, 3.63) is 11.8 Å². The molecule has 2 heterocycles. The summed E-state index contributed by atoms with van der Waals surface area (Å²) in [6.45, 7) is 5.22. The molecule has 1 fully saturated rings. The van der Waals surface area contributed by atoms with Crippen LogP contribution >= 0.6 is 0 Å². The number of piperidine rings is 1. The van der Waals surface area contributed by atoms with Crippen LogP contribution in [-0.2, 0) is 11.8 Å².